The van der Waals surface area contributed by atoms with Gasteiger partial charge >= 0.3 is 6.03 Å². The summed E-state index contributed by atoms with van der Waals surface area (Å²) in [5.41, 5.74) is 0.693. The number of carbonyl (C=O) groups is 2. The van der Waals surface area contributed by atoms with Gasteiger partial charge in [0.2, 0.25) is 0 Å². The molecule has 19 heavy (non-hydrogen) atoms. The largest absolute Gasteiger partial charge is 0.497 e. The number of hydrogen-bond acceptors (Lipinski definition) is 4. The maximum atomic E-state index is 12.1. The quantitative estimate of drug-likeness (QED) is 0.824. The summed E-state index contributed by atoms with van der Waals surface area (Å²) in [6.07, 6.45) is 0.133. The highest BCUT2D eigenvalue weighted by atomic mass is 16.5. The Bertz CT molecular complexity index is 533. The van der Waals surface area contributed by atoms with Crippen molar-refractivity contribution in [3.63, 3.8) is 0 Å². The van der Waals surface area contributed by atoms with Gasteiger partial charge < -0.3 is 10.1 Å². The van der Waals surface area contributed by atoms with E-state index in [0.717, 1.165) is 4.90 Å². The molecule has 0 bridgehead atoms. The van der Waals surface area contributed by atoms with Crippen LogP contribution in [0.1, 0.15) is 18.0 Å². The van der Waals surface area contributed by atoms with Crippen LogP contribution in [0.5, 0.6) is 5.75 Å². The summed E-state index contributed by atoms with van der Waals surface area (Å²) >= 11 is 0. The molecule has 6 nitrogen and oxygen atoms in total. The van der Waals surface area contributed by atoms with Crippen molar-refractivity contribution < 1.29 is 14.3 Å². The molecule has 1 N–H and O–H groups in total. The van der Waals surface area contributed by atoms with Crippen molar-refractivity contribution in [1.82, 2.24) is 10.2 Å². The second-order valence-corrected chi connectivity index (χ2v) is 4.05. The normalized spacial score (nSPS) is 18.1. The summed E-state index contributed by atoms with van der Waals surface area (Å²) in [6, 6.07) is 7.70. The number of urea groups is 1. The highest BCUT2D eigenvalue weighted by molar-refractivity contribution is 6.04. The number of imide groups is 1. The van der Waals surface area contributed by atoms with Crippen molar-refractivity contribution in [3.05, 3.63) is 29.8 Å². The second kappa shape index (κ2) is 5.40. The van der Waals surface area contributed by atoms with E-state index in [9.17, 15) is 9.59 Å². The predicted octanol–water partition coefficient (Wildman–Crippen LogP) is 1.20. The van der Waals surface area contributed by atoms with Gasteiger partial charge in [0.05, 0.1) is 19.6 Å². The highest BCUT2D eigenvalue weighted by Gasteiger charge is 2.38. The van der Waals surface area contributed by atoms with Crippen LogP contribution in [0.25, 0.3) is 0 Å². The Balaban J connectivity index is 2.15. The third-order valence-electron chi connectivity index (χ3n) is 2.92. The van der Waals surface area contributed by atoms with Crippen LogP contribution >= 0.6 is 0 Å². The fraction of sp³-hybridized carbons (Fsp3) is 0.308. The minimum absolute atomic E-state index is 0.119. The molecule has 0 saturated carbocycles. The van der Waals surface area contributed by atoms with Crippen LogP contribution < -0.4 is 10.1 Å². The summed E-state index contributed by atoms with van der Waals surface area (Å²) in [4.78, 5) is 24.8. The Morgan fingerprint density at radius 2 is 2.05 bits per heavy atom. The summed E-state index contributed by atoms with van der Waals surface area (Å²) in [7, 11) is 1.56. The molecule has 1 atom stereocenters. The fourth-order valence-electron chi connectivity index (χ4n) is 1.91. The summed E-state index contributed by atoms with van der Waals surface area (Å²) in [6.45, 7) is 0.119. The molecule has 1 aliphatic heterocycles. The van der Waals surface area contributed by atoms with Crippen LogP contribution in [0, 0.1) is 11.3 Å². The standard InChI is InChI=1S/C13H13N3O3/c1-19-10-5-3-9(4-6-10)11-12(17)16(8-2-7-14)13(18)15-11/h3-6,11H,2,8H2,1H3,(H,15,18). The maximum absolute atomic E-state index is 12.1. The molecular formula is C13H13N3O3. The molecule has 0 spiro atoms. The average molecular weight is 259 g/mol. The Labute approximate surface area is 110 Å². The van der Waals surface area contributed by atoms with E-state index in [4.69, 9.17) is 10.00 Å². The number of amides is 3. The summed E-state index contributed by atoms with van der Waals surface area (Å²) in [5, 5.41) is 11.1. The zero-order valence-electron chi connectivity index (χ0n) is 10.4. The lowest BCUT2D eigenvalue weighted by molar-refractivity contribution is -0.127. The monoisotopic (exact) mass is 259 g/mol. The minimum atomic E-state index is -0.683. The number of ether oxygens (including phenoxy) is 1. The van der Waals surface area contributed by atoms with Gasteiger partial charge in [-0.3, -0.25) is 9.69 Å². The lowest BCUT2D eigenvalue weighted by Gasteiger charge is -2.11. The molecule has 1 saturated heterocycles. The van der Waals surface area contributed by atoms with Gasteiger partial charge in [-0.05, 0) is 17.7 Å². The topological polar surface area (TPSA) is 82.4 Å². The van der Waals surface area contributed by atoms with Crippen LogP contribution in [0.15, 0.2) is 24.3 Å². The highest BCUT2D eigenvalue weighted by Crippen LogP contribution is 2.23. The van der Waals surface area contributed by atoms with E-state index in [-0.39, 0.29) is 18.9 Å². The van der Waals surface area contributed by atoms with E-state index in [1.165, 1.54) is 0 Å². The smallest absolute Gasteiger partial charge is 0.325 e. The molecule has 98 valence electrons. The molecule has 0 radical (unpaired) electrons. The molecule has 1 aromatic rings. The molecule has 3 amide bonds. The van der Waals surface area contributed by atoms with Crippen LogP contribution in [0.2, 0.25) is 0 Å². The molecular weight excluding hydrogens is 246 g/mol. The summed E-state index contributed by atoms with van der Waals surface area (Å²) in [5.74, 6) is 0.354. The lowest BCUT2D eigenvalue weighted by Crippen LogP contribution is -2.31. The van der Waals surface area contributed by atoms with Crippen molar-refractivity contribution in [3.8, 4) is 11.8 Å². The van der Waals surface area contributed by atoms with Gasteiger partial charge in [-0.25, -0.2) is 4.79 Å². The van der Waals surface area contributed by atoms with E-state index in [1.807, 2.05) is 6.07 Å². The Morgan fingerprint density at radius 1 is 1.37 bits per heavy atom. The molecule has 0 aliphatic carbocycles. The SMILES string of the molecule is COc1ccc(C2NC(=O)N(CCC#N)C2=O)cc1. The number of nitrogens with one attached hydrogen (secondary N) is 1. The minimum Gasteiger partial charge on any atom is -0.497 e. The van der Waals surface area contributed by atoms with Crippen LogP contribution in [0.3, 0.4) is 0 Å². The second-order valence-electron chi connectivity index (χ2n) is 4.05. The number of rotatable bonds is 4. The molecule has 6 heteroatoms. The zero-order valence-corrected chi connectivity index (χ0v) is 10.4. The van der Waals surface area contributed by atoms with Crippen molar-refractivity contribution in [2.24, 2.45) is 0 Å². The molecule has 0 aromatic heterocycles. The summed E-state index contributed by atoms with van der Waals surface area (Å²) < 4.78 is 5.04. The lowest BCUT2D eigenvalue weighted by atomic mass is 10.1. The first-order valence-corrected chi connectivity index (χ1v) is 5.80. The van der Waals surface area contributed by atoms with Crippen molar-refractivity contribution in [1.29, 1.82) is 5.26 Å². The molecule has 1 unspecified atom stereocenters. The fourth-order valence-corrected chi connectivity index (χ4v) is 1.91. The first-order chi connectivity index (χ1) is 9.17. The van der Waals surface area contributed by atoms with Crippen LogP contribution in [-0.2, 0) is 4.79 Å². The van der Waals surface area contributed by atoms with Gasteiger partial charge in [0.25, 0.3) is 5.91 Å². The molecule has 1 aliphatic rings. The van der Waals surface area contributed by atoms with E-state index in [0.29, 0.717) is 11.3 Å². The average Bonchev–Trinajstić information content (AvgIpc) is 2.72. The van der Waals surface area contributed by atoms with Gasteiger partial charge in [-0.15, -0.1) is 0 Å². The third-order valence-corrected chi connectivity index (χ3v) is 2.92. The van der Waals surface area contributed by atoms with Gasteiger partial charge in [-0.1, -0.05) is 12.1 Å². The van der Waals surface area contributed by atoms with Crippen molar-refractivity contribution >= 4 is 11.9 Å². The number of nitrogens with zero attached hydrogens (tertiary/aromatic N) is 2. The van der Waals surface area contributed by atoms with Gasteiger partial charge in [-0.2, -0.15) is 5.26 Å². The number of carbonyl (C=O) groups excluding carboxylic acids is 2. The Morgan fingerprint density at radius 3 is 2.63 bits per heavy atom. The molecule has 1 heterocycles. The van der Waals surface area contributed by atoms with E-state index >= 15 is 0 Å². The molecule has 2 rings (SSSR count). The van der Waals surface area contributed by atoms with Crippen LogP contribution in [-0.4, -0.2) is 30.5 Å². The molecule has 1 fully saturated rings. The Kier molecular flexibility index (Phi) is 3.66. The first kappa shape index (κ1) is 12.9. The van der Waals surface area contributed by atoms with Gasteiger partial charge in [0, 0.05) is 6.54 Å². The maximum Gasteiger partial charge on any atom is 0.325 e. The van der Waals surface area contributed by atoms with Crippen molar-refractivity contribution in [2.45, 2.75) is 12.5 Å². The molecule has 1 aromatic carbocycles. The number of methoxy groups -OCH3 is 1. The van der Waals surface area contributed by atoms with Gasteiger partial charge in [0.1, 0.15) is 11.8 Å². The van der Waals surface area contributed by atoms with E-state index in [1.54, 1.807) is 31.4 Å². The van der Waals surface area contributed by atoms with E-state index in [2.05, 4.69) is 5.32 Å². The van der Waals surface area contributed by atoms with E-state index < -0.39 is 12.1 Å². The predicted molar refractivity (Wildman–Crippen MR) is 66.2 cm³/mol. The van der Waals surface area contributed by atoms with Crippen LogP contribution in [0.4, 0.5) is 4.79 Å². The third kappa shape index (κ3) is 2.50. The number of nitriles is 1. The van der Waals surface area contributed by atoms with Gasteiger partial charge in [0.15, 0.2) is 0 Å². The number of benzene rings is 1. The first-order valence-electron chi connectivity index (χ1n) is 5.80. The van der Waals surface area contributed by atoms with Crippen molar-refractivity contribution in [2.75, 3.05) is 13.7 Å². The zero-order chi connectivity index (χ0) is 13.8. The number of hydrogen-bond donors (Lipinski definition) is 1. The Hall–Kier alpha value is -2.55.